The SMILES string of the molecule is CC1CC(=CC=O)C(C)(C)C1. The van der Waals surface area contributed by atoms with Crippen molar-refractivity contribution < 1.29 is 4.79 Å². The molecule has 1 nitrogen and oxygen atoms in total. The summed E-state index contributed by atoms with van der Waals surface area (Å²) in [6, 6.07) is 0. The molecule has 0 bridgehead atoms. The monoisotopic (exact) mass is 152 g/mol. The van der Waals surface area contributed by atoms with Crippen LogP contribution in [0.3, 0.4) is 0 Å². The Morgan fingerprint density at radius 3 is 2.55 bits per heavy atom. The van der Waals surface area contributed by atoms with Crippen molar-refractivity contribution in [2.45, 2.75) is 33.6 Å². The van der Waals surface area contributed by atoms with E-state index < -0.39 is 0 Å². The Hall–Kier alpha value is -0.590. The van der Waals surface area contributed by atoms with Crippen molar-refractivity contribution >= 4 is 6.29 Å². The summed E-state index contributed by atoms with van der Waals surface area (Å²) in [6.45, 7) is 6.67. The van der Waals surface area contributed by atoms with E-state index in [0.717, 1.165) is 18.6 Å². The number of carbonyl (C=O) groups excluding carboxylic acids is 1. The fourth-order valence-corrected chi connectivity index (χ4v) is 2.10. The third-order valence-corrected chi connectivity index (χ3v) is 2.57. The maximum absolute atomic E-state index is 10.3. The summed E-state index contributed by atoms with van der Waals surface area (Å²) in [6.07, 6.45) is 4.97. The van der Waals surface area contributed by atoms with E-state index in [2.05, 4.69) is 20.8 Å². The van der Waals surface area contributed by atoms with E-state index in [1.165, 1.54) is 12.0 Å². The van der Waals surface area contributed by atoms with Crippen LogP contribution in [0.4, 0.5) is 0 Å². The van der Waals surface area contributed by atoms with E-state index in [4.69, 9.17) is 0 Å². The molecule has 1 fully saturated rings. The molecule has 0 saturated heterocycles. The van der Waals surface area contributed by atoms with Crippen LogP contribution in [-0.4, -0.2) is 6.29 Å². The average Bonchev–Trinajstić information content (AvgIpc) is 2.07. The third-order valence-electron chi connectivity index (χ3n) is 2.57. The van der Waals surface area contributed by atoms with E-state index in [1.54, 1.807) is 6.08 Å². The second kappa shape index (κ2) is 2.80. The highest BCUT2D eigenvalue weighted by Gasteiger charge is 2.32. The third kappa shape index (κ3) is 1.70. The Morgan fingerprint density at radius 2 is 2.18 bits per heavy atom. The number of hydrogen-bond donors (Lipinski definition) is 0. The van der Waals surface area contributed by atoms with Gasteiger partial charge in [0.1, 0.15) is 6.29 Å². The van der Waals surface area contributed by atoms with Gasteiger partial charge in [-0.1, -0.05) is 26.3 Å². The highest BCUT2D eigenvalue weighted by molar-refractivity contribution is 5.66. The molecule has 1 saturated carbocycles. The van der Waals surface area contributed by atoms with Gasteiger partial charge in [-0.05, 0) is 30.3 Å². The molecule has 0 spiro atoms. The van der Waals surface area contributed by atoms with E-state index >= 15 is 0 Å². The van der Waals surface area contributed by atoms with Gasteiger partial charge in [0.15, 0.2) is 0 Å². The number of allylic oxidation sites excluding steroid dienone is 2. The lowest BCUT2D eigenvalue weighted by molar-refractivity contribution is -0.104. The van der Waals surface area contributed by atoms with Crippen LogP contribution in [0.5, 0.6) is 0 Å². The Balaban J connectivity index is 2.81. The molecule has 1 rings (SSSR count). The van der Waals surface area contributed by atoms with Gasteiger partial charge < -0.3 is 0 Å². The molecule has 1 aliphatic rings. The number of rotatable bonds is 1. The molecule has 0 heterocycles. The molecule has 0 N–H and O–H groups in total. The Labute approximate surface area is 68.5 Å². The molecule has 11 heavy (non-hydrogen) atoms. The van der Waals surface area contributed by atoms with Crippen LogP contribution in [0.2, 0.25) is 0 Å². The summed E-state index contributed by atoms with van der Waals surface area (Å²) < 4.78 is 0. The van der Waals surface area contributed by atoms with E-state index in [0.29, 0.717) is 0 Å². The minimum Gasteiger partial charge on any atom is -0.299 e. The molecule has 0 aromatic rings. The van der Waals surface area contributed by atoms with Crippen LogP contribution in [0, 0.1) is 11.3 Å². The molecule has 1 unspecified atom stereocenters. The van der Waals surface area contributed by atoms with Gasteiger partial charge in [-0.2, -0.15) is 0 Å². The van der Waals surface area contributed by atoms with Crippen LogP contribution in [0.1, 0.15) is 33.6 Å². The zero-order chi connectivity index (χ0) is 8.48. The molecule has 1 atom stereocenters. The predicted octanol–water partition coefficient (Wildman–Crippen LogP) is 2.57. The maximum atomic E-state index is 10.3. The van der Waals surface area contributed by atoms with Crippen LogP contribution < -0.4 is 0 Å². The van der Waals surface area contributed by atoms with Crippen molar-refractivity contribution in [3.8, 4) is 0 Å². The molecule has 0 amide bonds. The predicted molar refractivity (Wildman–Crippen MR) is 46.3 cm³/mol. The van der Waals surface area contributed by atoms with Gasteiger partial charge in [0.2, 0.25) is 0 Å². The molecule has 1 heteroatoms. The summed E-state index contributed by atoms with van der Waals surface area (Å²) in [7, 11) is 0. The van der Waals surface area contributed by atoms with Crippen molar-refractivity contribution in [3.63, 3.8) is 0 Å². The van der Waals surface area contributed by atoms with Gasteiger partial charge in [0.05, 0.1) is 0 Å². The van der Waals surface area contributed by atoms with Crippen LogP contribution in [0.15, 0.2) is 11.6 Å². The molecule has 62 valence electrons. The minimum absolute atomic E-state index is 0.264. The first kappa shape index (κ1) is 8.51. The summed E-state index contributed by atoms with van der Waals surface area (Å²) >= 11 is 0. The van der Waals surface area contributed by atoms with Crippen molar-refractivity contribution in [2.24, 2.45) is 11.3 Å². The summed E-state index contributed by atoms with van der Waals surface area (Å²) in [4.78, 5) is 10.3. The molecule has 1 aliphatic carbocycles. The van der Waals surface area contributed by atoms with E-state index in [9.17, 15) is 4.79 Å². The van der Waals surface area contributed by atoms with Gasteiger partial charge in [-0.25, -0.2) is 0 Å². The maximum Gasteiger partial charge on any atom is 0.142 e. The lowest BCUT2D eigenvalue weighted by Crippen LogP contribution is -2.07. The Kier molecular flexibility index (Phi) is 2.17. The van der Waals surface area contributed by atoms with Gasteiger partial charge >= 0.3 is 0 Å². The molecule has 0 aromatic carbocycles. The minimum atomic E-state index is 0.264. The van der Waals surface area contributed by atoms with Crippen molar-refractivity contribution in [1.29, 1.82) is 0 Å². The topological polar surface area (TPSA) is 17.1 Å². The molecule has 0 radical (unpaired) electrons. The average molecular weight is 152 g/mol. The zero-order valence-corrected chi connectivity index (χ0v) is 7.55. The number of carbonyl (C=O) groups is 1. The highest BCUT2D eigenvalue weighted by atomic mass is 16.1. The quantitative estimate of drug-likeness (QED) is 0.417. The van der Waals surface area contributed by atoms with E-state index in [1.807, 2.05) is 0 Å². The molecule has 0 aliphatic heterocycles. The van der Waals surface area contributed by atoms with Crippen LogP contribution in [-0.2, 0) is 4.79 Å². The van der Waals surface area contributed by atoms with Crippen molar-refractivity contribution in [3.05, 3.63) is 11.6 Å². The second-order valence-corrected chi connectivity index (χ2v) is 4.23. The highest BCUT2D eigenvalue weighted by Crippen LogP contribution is 2.44. The zero-order valence-electron chi connectivity index (χ0n) is 7.55. The standard InChI is InChI=1S/C10H16O/c1-8-6-9(4-5-11)10(2,3)7-8/h4-5,8H,6-7H2,1-3H3. The van der Waals surface area contributed by atoms with E-state index in [-0.39, 0.29) is 5.41 Å². The van der Waals surface area contributed by atoms with Gasteiger partial charge in [0, 0.05) is 0 Å². The van der Waals surface area contributed by atoms with Gasteiger partial charge in [-0.3, -0.25) is 4.79 Å². The first-order valence-corrected chi connectivity index (χ1v) is 4.21. The summed E-state index contributed by atoms with van der Waals surface area (Å²) in [5.74, 6) is 0.746. The molecular formula is C10H16O. The largest absolute Gasteiger partial charge is 0.299 e. The van der Waals surface area contributed by atoms with Crippen LogP contribution >= 0.6 is 0 Å². The molecule has 0 aromatic heterocycles. The first-order valence-electron chi connectivity index (χ1n) is 4.21. The lowest BCUT2D eigenvalue weighted by Gasteiger charge is -2.18. The second-order valence-electron chi connectivity index (χ2n) is 4.23. The summed E-state index contributed by atoms with van der Waals surface area (Å²) in [5, 5.41) is 0. The van der Waals surface area contributed by atoms with Crippen molar-refractivity contribution in [2.75, 3.05) is 0 Å². The van der Waals surface area contributed by atoms with Crippen molar-refractivity contribution in [1.82, 2.24) is 0 Å². The first-order chi connectivity index (χ1) is 5.06. The van der Waals surface area contributed by atoms with Gasteiger partial charge in [-0.15, -0.1) is 0 Å². The lowest BCUT2D eigenvalue weighted by atomic mass is 9.86. The van der Waals surface area contributed by atoms with Crippen LogP contribution in [0.25, 0.3) is 0 Å². The normalized spacial score (nSPS) is 32.6. The fourth-order valence-electron chi connectivity index (χ4n) is 2.10. The Bertz CT molecular complexity index is 189. The Morgan fingerprint density at radius 1 is 1.55 bits per heavy atom. The smallest absolute Gasteiger partial charge is 0.142 e. The number of hydrogen-bond acceptors (Lipinski definition) is 1. The molecular weight excluding hydrogens is 136 g/mol. The number of aldehydes is 1. The fraction of sp³-hybridized carbons (Fsp3) is 0.700. The summed E-state index contributed by atoms with van der Waals surface area (Å²) in [5.41, 5.74) is 1.58. The van der Waals surface area contributed by atoms with Gasteiger partial charge in [0.25, 0.3) is 0 Å².